The van der Waals surface area contributed by atoms with Gasteiger partial charge in [-0.05, 0) is 23.8 Å². The van der Waals surface area contributed by atoms with Crippen LogP contribution in [0.2, 0.25) is 10.0 Å². The summed E-state index contributed by atoms with van der Waals surface area (Å²) in [5.74, 6) is 0. The van der Waals surface area contributed by atoms with E-state index in [-0.39, 0.29) is 5.56 Å². The summed E-state index contributed by atoms with van der Waals surface area (Å²) >= 11 is 12.2. The van der Waals surface area contributed by atoms with Crippen LogP contribution in [0.1, 0.15) is 0 Å². The van der Waals surface area contributed by atoms with E-state index in [1.807, 2.05) is 12.1 Å². The number of hydrogen-bond donors (Lipinski definition) is 1. The van der Waals surface area contributed by atoms with Gasteiger partial charge in [-0.2, -0.15) is 0 Å². The Hall–Kier alpha value is -1.84. The Balaban J connectivity index is 2.25. The molecule has 2 aromatic heterocycles. The van der Waals surface area contributed by atoms with Crippen LogP contribution in [-0.2, 0) is 0 Å². The van der Waals surface area contributed by atoms with Crippen molar-refractivity contribution in [2.45, 2.75) is 0 Å². The summed E-state index contributed by atoms with van der Waals surface area (Å²) in [5.41, 5.74) is 2.01. The number of fused-ring (bicyclic) bond motifs is 1. The minimum Gasteiger partial charge on any atom is -0.307 e. The Kier molecular flexibility index (Phi) is 3.01. The van der Waals surface area contributed by atoms with Crippen molar-refractivity contribution in [3.8, 4) is 11.1 Å². The standard InChI is InChI=1S/C14H8Cl2N2O/c15-9-3-1-8(2-4-9)11-7-17-14-10(13(11)16)5-6-12(19)18-14/h1-7H,(H,17,18,19). The van der Waals surface area contributed by atoms with Gasteiger partial charge in [-0.1, -0.05) is 35.3 Å². The molecule has 2 heterocycles. The van der Waals surface area contributed by atoms with Crippen LogP contribution in [0.4, 0.5) is 0 Å². The minimum absolute atomic E-state index is 0.199. The second-order valence-electron chi connectivity index (χ2n) is 4.08. The van der Waals surface area contributed by atoms with Crippen LogP contribution in [0.15, 0.2) is 47.4 Å². The largest absolute Gasteiger partial charge is 0.307 e. The Morgan fingerprint density at radius 3 is 2.47 bits per heavy atom. The normalized spacial score (nSPS) is 10.8. The molecule has 0 amide bonds. The average molecular weight is 291 g/mol. The SMILES string of the molecule is O=c1ccc2c(Cl)c(-c3ccc(Cl)cc3)cnc2[nH]1. The van der Waals surface area contributed by atoms with Gasteiger partial charge >= 0.3 is 0 Å². The monoisotopic (exact) mass is 290 g/mol. The van der Waals surface area contributed by atoms with Crippen LogP contribution in [0.25, 0.3) is 22.2 Å². The molecule has 0 aliphatic carbocycles. The fourth-order valence-electron chi connectivity index (χ4n) is 1.90. The second-order valence-corrected chi connectivity index (χ2v) is 4.89. The second kappa shape index (κ2) is 4.68. The number of H-pyrrole nitrogens is 1. The fourth-order valence-corrected chi connectivity index (χ4v) is 2.34. The van der Waals surface area contributed by atoms with Gasteiger partial charge in [0.05, 0.1) is 5.02 Å². The topological polar surface area (TPSA) is 45.8 Å². The summed E-state index contributed by atoms with van der Waals surface area (Å²) in [5, 5.41) is 1.94. The molecular weight excluding hydrogens is 283 g/mol. The van der Waals surface area contributed by atoms with Crippen LogP contribution in [0, 0.1) is 0 Å². The molecule has 0 saturated heterocycles. The number of nitrogens with zero attached hydrogens (tertiary/aromatic N) is 1. The quantitative estimate of drug-likeness (QED) is 0.739. The molecule has 0 unspecified atom stereocenters. The van der Waals surface area contributed by atoms with E-state index >= 15 is 0 Å². The molecular formula is C14H8Cl2N2O. The van der Waals surface area contributed by atoms with Gasteiger partial charge in [0.2, 0.25) is 5.56 Å². The van der Waals surface area contributed by atoms with E-state index in [1.165, 1.54) is 6.07 Å². The van der Waals surface area contributed by atoms with Crippen molar-refractivity contribution in [3.05, 3.63) is 63.0 Å². The van der Waals surface area contributed by atoms with Crippen molar-refractivity contribution >= 4 is 34.2 Å². The molecule has 0 atom stereocenters. The van der Waals surface area contributed by atoms with Gasteiger partial charge in [-0.3, -0.25) is 4.79 Å². The number of hydrogen-bond acceptors (Lipinski definition) is 2. The molecule has 3 nitrogen and oxygen atoms in total. The minimum atomic E-state index is -0.199. The first-order valence-electron chi connectivity index (χ1n) is 5.58. The molecule has 94 valence electrons. The van der Waals surface area contributed by atoms with Crippen LogP contribution in [0.5, 0.6) is 0 Å². The lowest BCUT2D eigenvalue weighted by Gasteiger charge is -2.07. The molecule has 0 aliphatic rings. The van der Waals surface area contributed by atoms with E-state index in [9.17, 15) is 4.79 Å². The summed E-state index contributed by atoms with van der Waals surface area (Å²) in [6.45, 7) is 0. The lowest BCUT2D eigenvalue weighted by Crippen LogP contribution is -2.03. The molecule has 0 aliphatic heterocycles. The molecule has 0 fully saturated rings. The van der Waals surface area contributed by atoms with E-state index in [4.69, 9.17) is 23.2 Å². The molecule has 3 rings (SSSR count). The van der Waals surface area contributed by atoms with E-state index in [1.54, 1.807) is 24.4 Å². The third kappa shape index (κ3) is 2.23. The zero-order valence-electron chi connectivity index (χ0n) is 9.65. The molecule has 1 aromatic carbocycles. The predicted octanol–water partition coefficient (Wildman–Crippen LogP) is 3.90. The van der Waals surface area contributed by atoms with E-state index in [0.29, 0.717) is 21.1 Å². The highest BCUT2D eigenvalue weighted by molar-refractivity contribution is 6.38. The molecule has 0 radical (unpaired) electrons. The van der Waals surface area contributed by atoms with Gasteiger partial charge in [0.15, 0.2) is 0 Å². The Labute approximate surface area is 118 Å². The highest BCUT2D eigenvalue weighted by Crippen LogP contribution is 2.32. The number of aromatic amines is 1. The average Bonchev–Trinajstić information content (AvgIpc) is 2.40. The van der Waals surface area contributed by atoms with Crippen molar-refractivity contribution < 1.29 is 0 Å². The third-order valence-electron chi connectivity index (χ3n) is 2.85. The summed E-state index contributed by atoms with van der Waals surface area (Å²) in [7, 11) is 0. The highest BCUT2D eigenvalue weighted by atomic mass is 35.5. The van der Waals surface area contributed by atoms with Gasteiger partial charge in [0.25, 0.3) is 0 Å². The van der Waals surface area contributed by atoms with Gasteiger partial charge in [-0.25, -0.2) is 4.98 Å². The van der Waals surface area contributed by atoms with Crippen molar-refractivity contribution in [1.82, 2.24) is 9.97 Å². The predicted molar refractivity (Wildman–Crippen MR) is 77.8 cm³/mol. The van der Waals surface area contributed by atoms with Gasteiger partial charge in [0.1, 0.15) is 5.65 Å². The van der Waals surface area contributed by atoms with Crippen molar-refractivity contribution in [2.75, 3.05) is 0 Å². The zero-order valence-corrected chi connectivity index (χ0v) is 11.2. The summed E-state index contributed by atoms with van der Waals surface area (Å²) in [6.07, 6.45) is 1.64. The number of benzene rings is 1. The first-order chi connectivity index (χ1) is 9.15. The highest BCUT2D eigenvalue weighted by Gasteiger charge is 2.09. The molecule has 1 N–H and O–H groups in total. The Bertz CT molecular complexity index is 810. The lowest BCUT2D eigenvalue weighted by molar-refractivity contribution is 1.23. The first-order valence-corrected chi connectivity index (χ1v) is 6.34. The maximum atomic E-state index is 11.2. The van der Waals surface area contributed by atoms with E-state index in [0.717, 1.165) is 11.1 Å². The maximum Gasteiger partial charge on any atom is 0.249 e. The van der Waals surface area contributed by atoms with Gasteiger partial charge in [-0.15, -0.1) is 0 Å². The smallest absolute Gasteiger partial charge is 0.249 e. The molecule has 0 spiro atoms. The van der Waals surface area contributed by atoms with Crippen LogP contribution >= 0.6 is 23.2 Å². The van der Waals surface area contributed by atoms with E-state index < -0.39 is 0 Å². The Morgan fingerprint density at radius 2 is 1.74 bits per heavy atom. The molecule has 19 heavy (non-hydrogen) atoms. The number of halogens is 2. The van der Waals surface area contributed by atoms with Crippen molar-refractivity contribution in [1.29, 1.82) is 0 Å². The fraction of sp³-hybridized carbons (Fsp3) is 0. The molecule has 5 heteroatoms. The van der Waals surface area contributed by atoms with Crippen LogP contribution < -0.4 is 5.56 Å². The number of rotatable bonds is 1. The Morgan fingerprint density at radius 1 is 1.00 bits per heavy atom. The van der Waals surface area contributed by atoms with Gasteiger partial charge in [0, 0.05) is 28.2 Å². The number of pyridine rings is 2. The summed E-state index contributed by atoms with van der Waals surface area (Å²) in [4.78, 5) is 18.1. The first kappa shape index (κ1) is 12.2. The zero-order chi connectivity index (χ0) is 13.4. The van der Waals surface area contributed by atoms with Crippen LogP contribution in [-0.4, -0.2) is 9.97 Å². The summed E-state index contributed by atoms with van der Waals surface area (Å²) < 4.78 is 0. The molecule has 0 bridgehead atoms. The summed E-state index contributed by atoms with van der Waals surface area (Å²) in [6, 6.07) is 10.4. The third-order valence-corrected chi connectivity index (χ3v) is 3.51. The van der Waals surface area contributed by atoms with Gasteiger partial charge < -0.3 is 4.98 Å². The molecule has 3 aromatic rings. The number of aromatic nitrogens is 2. The van der Waals surface area contributed by atoms with Crippen molar-refractivity contribution in [3.63, 3.8) is 0 Å². The van der Waals surface area contributed by atoms with E-state index in [2.05, 4.69) is 9.97 Å². The van der Waals surface area contributed by atoms with Crippen LogP contribution in [0.3, 0.4) is 0 Å². The lowest BCUT2D eigenvalue weighted by atomic mass is 10.1. The molecule has 0 saturated carbocycles. The number of nitrogens with one attached hydrogen (secondary N) is 1. The maximum absolute atomic E-state index is 11.2. The van der Waals surface area contributed by atoms with Crippen molar-refractivity contribution in [2.24, 2.45) is 0 Å².